The number of allylic oxidation sites excluding steroid dienone is 2. The van der Waals surface area contributed by atoms with Gasteiger partial charge in [-0.2, -0.15) is 0 Å². The SMILES string of the molecule is CC(CO)[C@@H](C)CC[C@@H](C)[C@H]1CC[C@H]2C3=CC[C@H]4CCCC[C@]4(C)[C@H]3CC[C@]12C. The van der Waals surface area contributed by atoms with Crippen LogP contribution in [0.2, 0.25) is 0 Å². The molecule has 0 heterocycles. The molecular weight excluding hydrogens is 352 g/mol. The normalized spacial score (nSPS) is 44.8. The molecule has 0 radical (unpaired) electrons. The second kappa shape index (κ2) is 8.33. The third kappa shape index (κ3) is 3.66. The molecular formula is C28H48O. The molecule has 0 aromatic carbocycles. The molecule has 29 heavy (non-hydrogen) atoms. The van der Waals surface area contributed by atoms with Crippen LogP contribution in [0, 0.1) is 52.3 Å². The van der Waals surface area contributed by atoms with Crippen molar-refractivity contribution in [1.82, 2.24) is 0 Å². The maximum atomic E-state index is 9.48. The minimum atomic E-state index is 0.341. The van der Waals surface area contributed by atoms with E-state index in [1.807, 2.05) is 5.57 Å². The fourth-order valence-electron chi connectivity index (χ4n) is 8.71. The molecule has 1 heteroatoms. The summed E-state index contributed by atoms with van der Waals surface area (Å²) in [7, 11) is 0. The number of aliphatic hydroxyl groups excluding tert-OH is 1. The maximum absolute atomic E-state index is 9.48. The molecule has 0 bridgehead atoms. The summed E-state index contributed by atoms with van der Waals surface area (Å²) < 4.78 is 0. The molecule has 9 atom stereocenters. The molecule has 1 unspecified atom stereocenters. The number of fused-ring (bicyclic) bond motifs is 5. The van der Waals surface area contributed by atoms with Gasteiger partial charge in [0.1, 0.15) is 0 Å². The highest BCUT2D eigenvalue weighted by atomic mass is 16.3. The van der Waals surface area contributed by atoms with Gasteiger partial charge in [-0.15, -0.1) is 0 Å². The van der Waals surface area contributed by atoms with E-state index in [2.05, 4.69) is 40.7 Å². The molecule has 0 aliphatic heterocycles. The van der Waals surface area contributed by atoms with Crippen LogP contribution in [0.15, 0.2) is 11.6 Å². The van der Waals surface area contributed by atoms with E-state index in [1.54, 1.807) is 0 Å². The maximum Gasteiger partial charge on any atom is 0.0459 e. The number of aliphatic hydroxyl groups is 1. The molecule has 4 aliphatic rings. The lowest BCUT2D eigenvalue weighted by atomic mass is 9.48. The van der Waals surface area contributed by atoms with Gasteiger partial charge >= 0.3 is 0 Å². The first kappa shape index (κ1) is 21.9. The summed E-state index contributed by atoms with van der Waals surface area (Å²) in [6.07, 6.45) is 18.6. The fraction of sp³-hybridized carbons (Fsp3) is 0.929. The Kier molecular flexibility index (Phi) is 6.29. The summed E-state index contributed by atoms with van der Waals surface area (Å²) >= 11 is 0. The molecule has 166 valence electrons. The molecule has 0 amide bonds. The second-order valence-electron chi connectivity index (χ2n) is 12.4. The Balaban J connectivity index is 1.47. The first-order valence-corrected chi connectivity index (χ1v) is 13.1. The Morgan fingerprint density at radius 3 is 2.41 bits per heavy atom. The van der Waals surface area contributed by atoms with E-state index >= 15 is 0 Å². The van der Waals surface area contributed by atoms with E-state index < -0.39 is 0 Å². The van der Waals surface area contributed by atoms with E-state index in [1.165, 1.54) is 70.6 Å². The van der Waals surface area contributed by atoms with Crippen LogP contribution in [-0.4, -0.2) is 11.7 Å². The van der Waals surface area contributed by atoms with Gasteiger partial charge in [0.05, 0.1) is 0 Å². The smallest absolute Gasteiger partial charge is 0.0459 e. The molecule has 4 aliphatic carbocycles. The summed E-state index contributed by atoms with van der Waals surface area (Å²) in [4.78, 5) is 0. The van der Waals surface area contributed by atoms with E-state index in [-0.39, 0.29) is 0 Å². The van der Waals surface area contributed by atoms with Gasteiger partial charge in [0.15, 0.2) is 0 Å². The van der Waals surface area contributed by atoms with Gasteiger partial charge in [0.2, 0.25) is 0 Å². The third-order valence-electron chi connectivity index (χ3n) is 11.1. The van der Waals surface area contributed by atoms with Crippen LogP contribution in [0.3, 0.4) is 0 Å². The highest BCUT2D eigenvalue weighted by Gasteiger charge is 2.57. The average molecular weight is 401 g/mol. The predicted molar refractivity (Wildman–Crippen MR) is 124 cm³/mol. The van der Waals surface area contributed by atoms with Crippen molar-refractivity contribution in [3.05, 3.63) is 11.6 Å². The summed E-state index contributed by atoms with van der Waals surface area (Å²) in [5, 5.41) is 9.48. The topological polar surface area (TPSA) is 20.2 Å². The Bertz CT molecular complexity index is 607. The molecule has 1 nitrogen and oxygen atoms in total. The lowest BCUT2D eigenvalue weighted by Crippen LogP contribution is -2.48. The number of hydrogen-bond donors (Lipinski definition) is 1. The van der Waals surface area contributed by atoms with E-state index in [0.717, 1.165) is 29.6 Å². The standard InChI is InChI=1S/C28H48O/c1-19(21(3)18-29)9-10-20(2)24-13-14-25-23-12-11-22-8-6-7-16-27(22,4)26(23)15-17-28(24,25)5/h12,19-22,24-26,29H,6-11,13-18H2,1-5H3/t19-,20+,21?,22+,24+,25-,26-,27-,28+/m0/s1. The van der Waals surface area contributed by atoms with Crippen LogP contribution < -0.4 is 0 Å². The zero-order valence-electron chi connectivity index (χ0n) is 20.1. The van der Waals surface area contributed by atoms with Crippen molar-refractivity contribution in [1.29, 1.82) is 0 Å². The Morgan fingerprint density at radius 2 is 1.66 bits per heavy atom. The molecule has 4 rings (SSSR count). The van der Waals surface area contributed by atoms with Crippen LogP contribution in [0.1, 0.15) is 105 Å². The number of hydrogen-bond acceptors (Lipinski definition) is 1. The predicted octanol–water partition coefficient (Wildman–Crippen LogP) is 7.64. The monoisotopic (exact) mass is 400 g/mol. The van der Waals surface area contributed by atoms with Crippen molar-refractivity contribution in [3.63, 3.8) is 0 Å². The first-order valence-electron chi connectivity index (χ1n) is 13.1. The summed E-state index contributed by atoms with van der Waals surface area (Å²) in [5.74, 6) is 5.58. The quantitative estimate of drug-likeness (QED) is 0.454. The lowest BCUT2D eigenvalue weighted by molar-refractivity contribution is -0.00835. The van der Waals surface area contributed by atoms with Gasteiger partial charge in [-0.25, -0.2) is 0 Å². The minimum Gasteiger partial charge on any atom is -0.396 e. The lowest BCUT2D eigenvalue weighted by Gasteiger charge is -2.57. The van der Waals surface area contributed by atoms with Crippen molar-refractivity contribution in [2.45, 2.75) is 105 Å². The zero-order chi connectivity index (χ0) is 20.8. The van der Waals surface area contributed by atoms with Crippen LogP contribution in [0.5, 0.6) is 0 Å². The highest BCUT2D eigenvalue weighted by Crippen LogP contribution is 2.66. The molecule has 0 saturated heterocycles. The van der Waals surface area contributed by atoms with Crippen LogP contribution in [0.25, 0.3) is 0 Å². The molecule has 0 aromatic heterocycles. The van der Waals surface area contributed by atoms with E-state index in [9.17, 15) is 5.11 Å². The third-order valence-corrected chi connectivity index (χ3v) is 11.1. The molecule has 3 fully saturated rings. The van der Waals surface area contributed by atoms with Crippen molar-refractivity contribution in [3.8, 4) is 0 Å². The summed E-state index contributed by atoms with van der Waals surface area (Å²) in [6.45, 7) is 12.8. The Labute approximate surface area is 181 Å². The van der Waals surface area contributed by atoms with E-state index in [4.69, 9.17) is 0 Å². The number of rotatable bonds is 6. The van der Waals surface area contributed by atoms with Crippen molar-refractivity contribution in [2.75, 3.05) is 6.61 Å². The van der Waals surface area contributed by atoms with Gasteiger partial charge in [-0.1, -0.05) is 72.0 Å². The summed E-state index contributed by atoms with van der Waals surface area (Å²) in [6, 6.07) is 0. The zero-order valence-corrected chi connectivity index (χ0v) is 20.1. The summed E-state index contributed by atoms with van der Waals surface area (Å²) in [5.41, 5.74) is 3.09. The van der Waals surface area contributed by atoms with Crippen molar-refractivity contribution in [2.24, 2.45) is 52.3 Å². The van der Waals surface area contributed by atoms with Gasteiger partial charge in [0.25, 0.3) is 0 Å². The molecule has 0 aromatic rings. The van der Waals surface area contributed by atoms with Gasteiger partial charge in [-0.3, -0.25) is 0 Å². The van der Waals surface area contributed by atoms with Gasteiger partial charge in [0, 0.05) is 6.61 Å². The Hall–Kier alpha value is -0.300. The van der Waals surface area contributed by atoms with Crippen LogP contribution in [-0.2, 0) is 0 Å². The van der Waals surface area contributed by atoms with E-state index in [0.29, 0.717) is 29.3 Å². The Morgan fingerprint density at radius 1 is 0.897 bits per heavy atom. The fourth-order valence-corrected chi connectivity index (χ4v) is 8.71. The highest BCUT2D eigenvalue weighted by molar-refractivity contribution is 5.27. The average Bonchev–Trinajstić information content (AvgIpc) is 3.08. The first-order chi connectivity index (χ1) is 13.8. The minimum absolute atomic E-state index is 0.341. The molecule has 1 N–H and O–H groups in total. The van der Waals surface area contributed by atoms with Crippen molar-refractivity contribution < 1.29 is 5.11 Å². The van der Waals surface area contributed by atoms with Crippen LogP contribution >= 0.6 is 0 Å². The van der Waals surface area contributed by atoms with Crippen LogP contribution in [0.4, 0.5) is 0 Å². The second-order valence-corrected chi connectivity index (χ2v) is 12.4. The largest absolute Gasteiger partial charge is 0.396 e. The van der Waals surface area contributed by atoms with Gasteiger partial charge < -0.3 is 5.11 Å². The van der Waals surface area contributed by atoms with Crippen molar-refractivity contribution >= 4 is 0 Å². The molecule has 3 saturated carbocycles. The van der Waals surface area contributed by atoms with Gasteiger partial charge in [-0.05, 0) is 97.2 Å². The molecule has 0 spiro atoms.